The quantitative estimate of drug-likeness (QED) is 0.425. The van der Waals surface area contributed by atoms with Crippen LogP contribution >= 0.6 is 11.6 Å². The van der Waals surface area contributed by atoms with E-state index in [0.29, 0.717) is 31.1 Å². The van der Waals surface area contributed by atoms with Crippen molar-refractivity contribution in [3.63, 3.8) is 0 Å². The summed E-state index contributed by atoms with van der Waals surface area (Å²) in [5.74, 6) is 0.350. The highest BCUT2D eigenvalue weighted by molar-refractivity contribution is 6.31. The number of likely N-dealkylation sites (tertiary alicyclic amines) is 1. The molecule has 5 nitrogen and oxygen atoms in total. The lowest BCUT2D eigenvalue weighted by Gasteiger charge is -2.38. The number of aromatic nitrogens is 1. The number of benzene rings is 2. The van der Waals surface area contributed by atoms with Gasteiger partial charge in [-0.05, 0) is 50.1 Å². The molecule has 176 valence electrons. The van der Waals surface area contributed by atoms with Gasteiger partial charge < -0.3 is 14.4 Å². The molecule has 3 heterocycles. The van der Waals surface area contributed by atoms with E-state index in [9.17, 15) is 9.59 Å². The molecule has 2 aliphatic rings. The largest absolute Gasteiger partial charge is 0.371 e. The third-order valence-corrected chi connectivity index (χ3v) is 7.43. The summed E-state index contributed by atoms with van der Waals surface area (Å²) in [6, 6.07) is 14.5. The van der Waals surface area contributed by atoms with Crippen LogP contribution in [0.2, 0.25) is 5.02 Å². The molecule has 0 saturated carbocycles. The van der Waals surface area contributed by atoms with Crippen molar-refractivity contribution >= 4 is 39.9 Å². The average molecular weight is 476 g/mol. The van der Waals surface area contributed by atoms with Gasteiger partial charge in [0.25, 0.3) is 0 Å². The topological polar surface area (TPSA) is 45.6 Å². The first-order valence-corrected chi connectivity index (χ1v) is 12.4. The van der Waals surface area contributed by atoms with E-state index in [-0.39, 0.29) is 17.6 Å². The van der Waals surface area contributed by atoms with Gasteiger partial charge in [0, 0.05) is 77.0 Å². The van der Waals surface area contributed by atoms with Gasteiger partial charge in [-0.3, -0.25) is 9.59 Å². The number of hydrogen-bond acceptors (Lipinski definition) is 3. The van der Waals surface area contributed by atoms with Crippen molar-refractivity contribution in [1.82, 2.24) is 9.47 Å². The smallest absolute Gasteiger partial charge is 0.245 e. The Morgan fingerprint density at radius 2 is 1.85 bits per heavy atom. The summed E-state index contributed by atoms with van der Waals surface area (Å²) in [6.45, 7) is 9.36. The second-order valence-corrected chi connectivity index (χ2v) is 9.91. The van der Waals surface area contributed by atoms with E-state index in [1.165, 1.54) is 30.2 Å². The molecule has 1 aromatic heterocycles. The highest BCUT2D eigenvalue weighted by Crippen LogP contribution is 2.41. The monoisotopic (exact) mass is 475 g/mol. The van der Waals surface area contributed by atoms with Crippen LogP contribution in [-0.2, 0) is 16.1 Å². The summed E-state index contributed by atoms with van der Waals surface area (Å²) in [4.78, 5) is 29.0. The Balaban J connectivity index is 1.47. The summed E-state index contributed by atoms with van der Waals surface area (Å²) in [5.41, 5.74) is 5.69. The number of ketones is 1. The minimum Gasteiger partial charge on any atom is -0.371 e. The van der Waals surface area contributed by atoms with Crippen molar-refractivity contribution in [3.05, 3.63) is 65.8 Å². The molecular formula is C28H30ClN3O2. The normalized spacial score (nSPS) is 16.2. The number of hydrogen-bond donors (Lipinski definition) is 0. The van der Waals surface area contributed by atoms with Gasteiger partial charge in [0.15, 0.2) is 5.78 Å². The lowest BCUT2D eigenvalue weighted by Crippen LogP contribution is -2.50. The summed E-state index contributed by atoms with van der Waals surface area (Å²) in [7, 11) is 0. The van der Waals surface area contributed by atoms with E-state index in [4.69, 9.17) is 11.6 Å². The zero-order chi connectivity index (χ0) is 23.8. The number of anilines is 1. The Labute approximate surface area is 205 Å². The number of para-hydroxylation sites is 1. The average Bonchev–Trinajstić information content (AvgIpc) is 3.42. The van der Waals surface area contributed by atoms with Crippen molar-refractivity contribution in [2.75, 3.05) is 31.1 Å². The van der Waals surface area contributed by atoms with E-state index in [0.717, 1.165) is 35.2 Å². The molecule has 2 saturated heterocycles. The molecule has 3 aromatic rings. The molecular weight excluding hydrogens is 446 g/mol. The van der Waals surface area contributed by atoms with Crippen LogP contribution in [0.25, 0.3) is 22.0 Å². The molecule has 0 aliphatic carbocycles. The number of halogens is 1. The first-order chi connectivity index (χ1) is 16.5. The van der Waals surface area contributed by atoms with Gasteiger partial charge in [0.2, 0.25) is 5.91 Å². The lowest BCUT2D eigenvalue weighted by atomic mass is 9.94. The molecule has 0 atom stereocenters. The minimum absolute atomic E-state index is 0.0610. The molecule has 0 spiro atoms. The first kappa shape index (κ1) is 22.7. The zero-order valence-electron chi connectivity index (χ0n) is 19.6. The fourth-order valence-corrected chi connectivity index (χ4v) is 5.66. The number of rotatable bonds is 7. The molecule has 0 N–H and O–H groups in total. The first-order valence-electron chi connectivity index (χ1n) is 12.0. The number of amides is 1. The number of nitrogens with zero attached hydrogens (tertiary/aromatic N) is 3. The van der Waals surface area contributed by atoms with E-state index in [1.54, 1.807) is 4.90 Å². The van der Waals surface area contributed by atoms with Gasteiger partial charge in [-0.2, -0.15) is 0 Å². The Bertz CT molecular complexity index is 1270. The summed E-state index contributed by atoms with van der Waals surface area (Å²) >= 11 is 6.43. The van der Waals surface area contributed by atoms with E-state index in [2.05, 4.69) is 47.2 Å². The van der Waals surface area contributed by atoms with Crippen molar-refractivity contribution in [2.45, 2.75) is 32.7 Å². The molecule has 0 radical (unpaired) electrons. The molecule has 0 unspecified atom stereocenters. The molecule has 6 heteroatoms. The molecule has 0 bridgehead atoms. The van der Waals surface area contributed by atoms with Crippen LogP contribution in [0.5, 0.6) is 0 Å². The Morgan fingerprint density at radius 1 is 1.12 bits per heavy atom. The van der Waals surface area contributed by atoms with Crippen LogP contribution in [-0.4, -0.2) is 47.3 Å². The Hall–Kier alpha value is -3.05. The van der Waals surface area contributed by atoms with E-state index >= 15 is 0 Å². The number of fused-ring (bicyclic) bond motifs is 1. The van der Waals surface area contributed by atoms with Gasteiger partial charge in [-0.1, -0.05) is 36.4 Å². The highest BCUT2D eigenvalue weighted by atomic mass is 35.5. The fourth-order valence-electron chi connectivity index (χ4n) is 5.49. The van der Waals surface area contributed by atoms with Crippen LogP contribution < -0.4 is 4.90 Å². The van der Waals surface area contributed by atoms with E-state index < -0.39 is 0 Å². The molecule has 1 amide bonds. The number of carbonyl (C=O) groups excluding carboxylic acids is 2. The SMILES string of the molecule is C=CC(=O)N1CC(CC(=O)Cn2c(C)c(-c3ccccc3N3CCCC3)c3cc(Cl)ccc32)C1. The van der Waals surface area contributed by atoms with Crippen LogP contribution in [0.15, 0.2) is 55.1 Å². The van der Waals surface area contributed by atoms with Crippen LogP contribution in [0.3, 0.4) is 0 Å². The van der Waals surface area contributed by atoms with Gasteiger partial charge in [-0.25, -0.2) is 0 Å². The highest BCUT2D eigenvalue weighted by Gasteiger charge is 2.31. The lowest BCUT2D eigenvalue weighted by molar-refractivity contribution is -0.134. The molecule has 2 aliphatic heterocycles. The van der Waals surface area contributed by atoms with Gasteiger partial charge >= 0.3 is 0 Å². The number of Topliss-reactive ketones (excluding diaryl/α,β-unsaturated/α-hetero) is 1. The van der Waals surface area contributed by atoms with Crippen molar-refractivity contribution in [1.29, 1.82) is 0 Å². The maximum absolute atomic E-state index is 13.1. The second-order valence-electron chi connectivity index (χ2n) is 9.48. The summed E-state index contributed by atoms with van der Waals surface area (Å²) in [6.07, 6.45) is 4.24. The predicted octanol–water partition coefficient (Wildman–Crippen LogP) is 5.47. The Kier molecular flexibility index (Phi) is 6.22. The molecule has 2 fully saturated rings. The Morgan fingerprint density at radius 3 is 2.59 bits per heavy atom. The van der Waals surface area contributed by atoms with Gasteiger partial charge in [0.1, 0.15) is 0 Å². The van der Waals surface area contributed by atoms with Crippen LogP contribution in [0, 0.1) is 12.8 Å². The van der Waals surface area contributed by atoms with Crippen molar-refractivity contribution in [2.24, 2.45) is 5.92 Å². The van der Waals surface area contributed by atoms with Gasteiger partial charge in [-0.15, -0.1) is 0 Å². The fraction of sp³-hybridized carbons (Fsp3) is 0.357. The number of carbonyl (C=O) groups is 2. The van der Waals surface area contributed by atoms with Crippen molar-refractivity contribution in [3.8, 4) is 11.1 Å². The molecule has 5 rings (SSSR count). The molecule has 34 heavy (non-hydrogen) atoms. The van der Waals surface area contributed by atoms with Crippen LogP contribution in [0.4, 0.5) is 5.69 Å². The molecule has 2 aromatic carbocycles. The third-order valence-electron chi connectivity index (χ3n) is 7.20. The summed E-state index contributed by atoms with van der Waals surface area (Å²) < 4.78 is 2.13. The summed E-state index contributed by atoms with van der Waals surface area (Å²) in [5, 5.41) is 1.77. The van der Waals surface area contributed by atoms with Crippen molar-refractivity contribution < 1.29 is 9.59 Å². The third kappa shape index (κ3) is 4.14. The van der Waals surface area contributed by atoms with E-state index in [1.807, 2.05) is 18.2 Å². The van der Waals surface area contributed by atoms with Crippen LogP contribution in [0.1, 0.15) is 25.0 Å². The maximum atomic E-state index is 13.1. The zero-order valence-corrected chi connectivity index (χ0v) is 20.4. The maximum Gasteiger partial charge on any atom is 0.245 e. The second kappa shape index (κ2) is 9.30. The van der Waals surface area contributed by atoms with Gasteiger partial charge in [0.05, 0.1) is 6.54 Å². The predicted molar refractivity (Wildman–Crippen MR) is 138 cm³/mol. The standard InChI is InChI=1S/C28H30ClN3O2/c1-3-27(34)31-16-20(17-31)14-22(33)18-32-19(2)28(24-15-21(29)10-11-26(24)32)23-8-4-5-9-25(23)30-12-6-7-13-30/h3-5,8-11,15,20H,1,6-7,12-14,16-18H2,2H3. The minimum atomic E-state index is -0.0610.